The highest BCUT2D eigenvalue weighted by atomic mass is 32.1. The van der Waals surface area contributed by atoms with Crippen LogP contribution in [-0.2, 0) is 0 Å². The van der Waals surface area contributed by atoms with Crippen molar-refractivity contribution in [3.05, 3.63) is 29.3 Å². The van der Waals surface area contributed by atoms with E-state index in [4.69, 9.17) is 0 Å². The molecular weight excluding hydrogens is 242 g/mol. The molecule has 18 heavy (non-hydrogen) atoms. The Morgan fingerprint density at radius 3 is 2.89 bits per heavy atom. The number of likely N-dealkylation sites (N-methyl/N-ethyl adjacent to an activating group) is 1. The van der Waals surface area contributed by atoms with Gasteiger partial charge in [-0.05, 0) is 51.0 Å². The number of hydrogen-bond donors (Lipinski definition) is 1. The Hall–Kier alpha value is -0.970. The SMILES string of the molecule is CC(NCC(C)N(C)C)c1cnc2ccsc2c1. The second-order valence-corrected chi connectivity index (χ2v) is 5.96. The van der Waals surface area contributed by atoms with E-state index in [-0.39, 0.29) is 0 Å². The number of hydrogen-bond acceptors (Lipinski definition) is 4. The van der Waals surface area contributed by atoms with Crippen LogP contribution in [0.4, 0.5) is 0 Å². The molecule has 0 fully saturated rings. The van der Waals surface area contributed by atoms with Gasteiger partial charge in [0.25, 0.3) is 0 Å². The maximum absolute atomic E-state index is 4.48. The summed E-state index contributed by atoms with van der Waals surface area (Å²) in [7, 11) is 4.21. The van der Waals surface area contributed by atoms with Crippen molar-refractivity contribution in [1.29, 1.82) is 0 Å². The van der Waals surface area contributed by atoms with Crippen molar-refractivity contribution < 1.29 is 0 Å². The molecule has 0 aliphatic carbocycles. The van der Waals surface area contributed by atoms with Gasteiger partial charge in [-0.1, -0.05) is 0 Å². The largest absolute Gasteiger partial charge is 0.309 e. The Labute approximate surface area is 113 Å². The van der Waals surface area contributed by atoms with Gasteiger partial charge in [0.1, 0.15) is 0 Å². The van der Waals surface area contributed by atoms with Crippen LogP contribution in [0.25, 0.3) is 10.2 Å². The normalized spacial score (nSPS) is 15.2. The lowest BCUT2D eigenvalue weighted by molar-refractivity contribution is 0.295. The lowest BCUT2D eigenvalue weighted by atomic mass is 10.1. The fraction of sp³-hybridized carbons (Fsp3) is 0.500. The van der Waals surface area contributed by atoms with Crippen molar-refractivity contribution in [1.82, 2.24) is 15.2 Å². The molecule has 0 saturated heterocycles. The first-order valence-corrected chi connectivity index (χ1v) is 7.19. The monoisotopic (exact) mass is 263 g/mol. The minimum atomic E-state index is 0.339. The van der Waals surface area contributed by atoms with Gasteiger partial charge in [-0.3, -0.25) is 4.98 Å². The molecule has 0 aromatic carbocycles. The topological polar surface area (TPSA) is 28.2 Å². The smallest absolute Gasteiger partial charge is 0.0809 e. The number of pyridine rings is 1. The first-order chi connectivity index (χ1) is 8.58. The van der Waals surface area contributed by atoms with Crippen LogP contribution in [0.1, 0.15) is 25.5 Å². The molecule has 0 saturated carbocycles. The van der Waals surface area contributed by atoms with Gasteiger partial charge in [0.2, 0.25) is 0 Å². The van der Waals surface area contributed by atoms with E-state index >= 15 is 0 Å². The Morgan fingerprint density at radius 1 is 1.39 bits per heavy atom. The molecule has 0 aliphatic heterocycles. The molecule has 0 spiro atoms. The molecule has 0 amide bonds. The van der Waals surface area contributed by atoms with Gasteiger partial charge in [-0.15, -0.1) is 11.3 Å². The van der Waals surface area contributed by atoms with E-state index < -0.39 is 0 Å². The average molecular weight is 263 g/mol. The summed E-state index contributed by atoms with van der Waals surface area (Å²) in [5.41, 5.74) is 2.36. The van der Waals surface area contributed by atoms with Crippen LogP contribution in [0.5, 0.6) is 0 Å². The third kappa shape index (κ3) is 3.07. The van der Waals surface area contributed by atoms with Crippen LogP contribution in [-0.4, -0.2) is 36.6 Å². The van der Waals surface area contributed by atoms with E-state index in [0.29, 0.717) is 12.1 Å². The number of fused-ring (bicyclic) bond motifs is 1. The molecule has 0 radical (unpaired) electrons. The van der Waals surface area contributed by atoms with Crippen molar-refractivity contribution in [2.24, 2.45) is 0 Å². The highest BCUT2D eigenvalue weighted by Gasteiger charge is 2.10. The molecule has 2 atom stereocenters. The maximum Gasteiger partial charge on any atom is 0.0809 e. The molecule has 2 rings (SSSR count). The van der Waals surface area contributed by atoms with E-state index in [2.05, 4.69) is 60.7 Å². The zero-order valence-corrected chi connectivity index (χ0v) is 12.3. The second kappa shape index (κ2) is 5.78. The second-order valence-electron chi connectivity index (χ2n) is 5.02. The first-order valence-electron chi connectivity index (χ1n) is 6.31. The Morgan fingerprint density at radius 2 is 2.17 bits per heavy atom. The van der Waals surface area contributed by atoms with E-state index in [0.717, 1.165) is 12.1 Å². The van der Waals surface area contributed by atoms with Crippen molar-refractivity contribution in [2.45, 2.75) is 25.9 Å². The Bertz CT molecular complexity index is 506. The molecule has 2 aromatic heterocycles. The van der Waals surface area contributed by atoms with Gasteiger partial charge >= 0.3 is 0 Å². The lowest BCUT2D eigenvalue weighted by Gasteiger charge is -2.22. The molecule has 0 aliphatic rings. The lowest BCUT2D eigenvalue weighted by Crippen LogP contribution is -2.36. The zero-order chi connectivity index (χ0) is 13.1. The van der Waals surface area contributed by atoms with Crippen LogP contribution in [0.2, 0.25) is 0 Å². The van der Waals surface area contributed by atoms with Crippen LogP contribution in [0.3, 0.4) is 0 Å². The van der Waals surface area contributed by atoms with E-state index in [1.54, 1.807) is 11.3 Å². The summed E-state index contributed by atoms with van der Waals surface area (Å²) in [6.07, 6.45) is 1.98. The fourth-order valence-corrected chi connectivity index (χ4v) is 2.54. The first kappa shape index (κ1) is 13.5. The van der Waals surface area contributed by atoms with Crippen LogP contribution in [0, 0.1) is 0 Å². The summed E-state index contributed by atoms with van der Waals surface area (Å²) in [5, 5.41) is 5.65. The molecule has 1 N–H and O–H groups in total. The summed E-state index contributed by atoms with van der Waals surface area (Å²) < 4.78 is 1.27. The molecule has 2 heterocycles. The summed E-state index contributed by atoms with van der Waals surface area (Å²) in [5.74, 6) is 0. The van der Waals surface area contributed by atoms with Gasteiger partial charge in [-0.2, -0.15) is 0 Å². The Kier molecular flexibility index (Phi) is 4.32. The molecule has 98 valence electrons. The third-order valence-electron chi connectivity index (χ3n) is 3.42. The minimum Gasteiger partial charge on any atom is -0.309 e. The fourth-order valence-electron chi connectivity index (χ4n) is 1.75. The summed E-state index contributed by atoms with van der Waals surface area (Å²) >= 11 is 1.75. The Balaban J connectivity index is 2.01. The van der Waals surface area contributed by atoms with Crippen molar-refractivity contribution in [3.8, 4) is 0 Å². The molecule has 2 unspecified atom stereocenters. The quantitative estimate of drug-likeness (QED) is 0.899. The van der Waals surface area contributed by atoms with E-state index in [9.17, 15) is 0 Å². The van der Waals surface area contributed by atoms with Gasteiger partial charge in [0.05, 0.1) is 10.2 Å². The van der Waals surface area contributed by atoms with Crippen LogP contribution < -0.4 is 5.32 Å². The van der Waals surface area contributed by atoms with E-state index in [1.165, 1.54) is 10.3 Å². The van der Waals surface area contributed by atoms with Gasteiger partial charge in [0, 0.05) is 24.8 Å². The van der Waals surface area contributed by atoms with Gasteiger partial charge < -0.3 is 10.2 Å². The van der Waals surface area contributed by atoms with Crippen LogP contribution >= 0.6 is 11.3 Å². The van der Waals surface area contributed by atoms with Crippen molar-refractivity contribution in [3.63, 3.8) is 0 Å². The number of thiophene rings is 1. The highest BCUT2D eigenvalue weighted by molar-refractivity contribution is 7.17. The van der Waals surface area contributed by atoms with Gasteiger partial charge in [0.15, 0.2) is 0 Å². The molecule has 0 bridgehead atoms. The zero-order valence-electron chi connectivity index (χ0n) is 11.5. The molecule has 2 aromatic rings. The number of nitrogens with one attached hydrogen (secondary N) is 1. The maximum atomic E-state index is 4.48. The number of aromatic nitrogens is 1. The predicted octanol–water partition coefficient (Wildman–Crippen LogP) is 2.90. The third-order valence-corrected chi connectivity index (χ3v) is 4.28. The van der Waals surface area contributed by atoms with Crippen molar-refractivity contribution >= 4 is 21.6 Å². The van der Waals surface area contributed by atoms with Gasteiger partial charge in [-0.25, -0.2) is 0 Å². The van der Waals surface area contributed by atoms with Crippen molar-refractivity contribution in [2.75, 3.05) is 20.6 Å². The minimum absolute atomic E-state index is 0.339. The van der Waals surface area contributed by atoms with Crippen LogP contribution in [0.15, 0.2) is 23.7 Å². The summed E-state index contributed by atoms with van der Waals surface area (Å²) in [6, 6.07) is 5.18. The average Bonchev–Trinajstić information content (AvgIpc) is 2.82. The predicted molar refractivity (Wildman–Crippen MR) is 79.2 cm³/mol. The molecule has 4 heteroatoms. The number of rotatable bonds is 5. The highest BCUT2D eigenvalue weighted by Crippen LogP contribution is 2.22. The number of nitrogens with zero attached hydrogens (tertiary/aromatic N) is 2. The molecule has 3 nitrogen and oxygen atoms in total. The van der Waals surface area contributed by atoms with E-state index in [1.807, 2.05) is 6.20 Å². The molecular formula is C14H21N3S. The summed E-state index contributed by atoms with van der Waals surface area (Å²) in [6.45, 7) is 5.40. The standard InChI is InChI=1S/C14H21N3S/c1-10(17(3)4)8-15-11(2)12-7-14-13(16-9-12)5-6-18-14/h5-7,9-11,15H,8H2,1-4H3. The summed E-state index contributed by atoms with van der Waals surface area (Å²) in [4.78, 5) is 6.71.